The SMILES string of the molecule is N#Cc1ccc(S(=O)(=O)NCCC2CCN(Cc3ccccc3)CC2)cc1. The second-order valence-electron chi connectivity index (χ2n) is 7.03. The molecular weight excluding hydrogens is 358 g/mol. The number of nitriles is 1. The Hall–Kier alpha value is -2.20. The van der Waals surface area contributed by atoms with Gasteiger partial charge in [-0.3, -0.25) is 4.90 Å². The molecule has 27 heavy (non-hydrogen) atoms. The molecule has 0 amide bonds. The maximum Gasteiger partial charge on any atom is 0.240 e. The van der Waals surface area contributed by atoms with Crippen molar-refractivity contribution in [3.63, 3.8) is 0 Å². The fraction of sp³-hybridized carbons (Fsp3) is 0.381. The van der Waals surface area contributed by atoms with Gasteiger partial charge < -0.3 is 0 Å². The summed E-state index contributed by atoms with van der Waals surface area (Å²) in [6.45, 7) is 3.55. The van der Waals surface area contributed by atoms with E-state index < -0.39 is 10.0 Å². The molecule has 0 unspecified atom stereocenters. The predicted octanol–water partition coefficient (Wildman–Crippen LogP) is 3.14. The van der Waals surface area contributed by atoms with Gasteiger partial charge in [-0.2, -0.15) is 5.26 Å². The van der Waals surface area contributed by atoms with Crippen molar-refractivity contribution in [2.75, 3.05) is 19.6 Å². The van der Waals surface area contributed by atoms with Crippen LogP contribution in [0.2, 0.25) is 0 Å². The summed E-state index contributed by atoms with van der Waals surface area (Å²) in [6, 6.07) is 18.5. The molecule has 0 spiro atoms. The highest BCUT2D eigenvalue weighted by Crippen LogP contribution is 2.21. The molecule has 5 nitrogen and oxygen atoms in total. The summed E-state index contributed by atoms with van der Waals surface area (Å²) in [5.41, 5.74) is 1.79. The lowest BCUT2D eigenvalue weighted by molar-refractivity contribution is 0.173. The van der Waals surface area contributed by atoms with E-state index in [4.69, 9.17) is 5.26 Å². The van der Waals surface area contributed by atoms with Gasteiger partial charge in [-0.15, -0.1) is 0 Å². The van der Waals surface area contributed by atoms with Gasteiger partial charge >= 0.3 is 0 Å². The largest absolute Gasteiger partial charge is 0.299 e. The maximum absolute atomic E-state index is 12.3. The van der Waals surface area contributed by atoms with Crippen molar-refractivity contribution >= 4 is 10.0 Å². The fourth-order valence-corrected chi connectivity index (χ4v) is 4.51. The van der Waals surface area contributed by atoms with Crippen molar-refractivity contribution in [1.29, 1.82) is 5.26 Å². The zero-order chi connectivity index (χ0) is 19.1. The van der Waals surface area contributed by atoms with E-state index in [2.05, 4.69) is 33.9 Å². The Kier molecular flexibility index (Phi) is 6.62. The van der Waals surface area contributed by atoms with Crippen molar-refractivity contribution < 1.29 is 8.42 Å². The second-order valence-corrected chi connectivity index (χ2v) is 8.79. The first kappa shape index (κ1) is 19.6. The summed E-state index contributed by atoms with van der Waals surface area (Å²) in [4.78, 5) is 2.67. The Morgan fingerprint density at radius 2 is 1.70 bits per heavy atom. The molecule has 0 radical (unpaired) electrons. The highest BCUT2D eigenvalue weighted by Gasteiger charge is 2.20. The molecule has 1 aliphatic rings. The minimum atomic E-state index is -3.51. The Labute approximate surface area is 161 Å². The second kappa shape index (κ2) is 9.14. The lowest BCUT2D eigenvalue weighted by Gasteiger charge is -2.32. The topological polar surface area (TPSA) is 73.2 Å². The van der Waals surface area contributed by atoms with E-state index in [1.165, 1.54) is 29.8 Å². The minimum Gasteiger partial charge on any atom is -0.299 e. The lowest BCUT2D eigenvalue weighted by Crippen LogP contribution is -2.34. The van der Waals surface area contributed by atoms with Crippen LogP contribution in [0.25, 0.3) is 0 Å². The van der Waals surface area contributed by atoms with Crippen LogP contribution >= 0.6 is 0 Å². The average molecular weight is 384 g/mol. The van der Waals surface area contributed by atoms with Gasteiger partial charge in [0.25, 0.3) is 0 Å². The van der Waals surface area contributed by atoms with E-state index in [0.717, 1.165) is 38.9 Å². The number of nitrogens with one attached hydrogen (secondary N) is 1. The van der Waals surface area contributed by atoms with Crippen molar-refractivity contribution in [2.24, 2.45) is 5.92 Å². The quantitative estimate of drug-likeness (QED) is 0.797. The van der Waals surface area contributed by atoms with E-state index in [9.17, 15) is 8.42 Å². The molecule has 3 rings (SSSR count). The Bertz CT molecular complexity index is 866. The summed E-state index contributed by atoms with van der Waals surface area (Å²) in [7, 11) is -3.51. The molecule has 0 saturated carbocycles. The summed E-state index contributed by atoms with van der Waals surface area (Å²) >= 11 is 0. The van der Waals surface area contributed by atoms with Gasteiger partial charge in [0.2, 0.25) is 10.0 Å². The van der Waals surface area contributed by atoms with Gasteiger partial charge in [-0.1, -0.05) is 30.3 Å². The van der Waals surface area contributed by atoms with Gasteiger partial charge in [0.1, 0.15) is 0 Å². The van der Waals surface area contributed by atoms with Crippen molar-refractivity contribution in [3.05, 3.63) is 65.7 Å². The number of rotatable bonds is 7. The van der Waals surface area contributed by atoms with E-state index in [1.807, 2.05) is 12.1 Å². The highest BCUT2D eigenvalue weighted by atomic mass is 32.2. The lowest BCUT2D eigenvalue weighted by atomic mass is 9.93. The van der Waals surface area contributed by atoms with Crippen LogP contribution in [0.3, 0.4) is 0 Å². The van der Waals surface area contributed by atoms with E-state index in [-0.39, 0.29) is 4.90 Å². The maximum atomic E-state index is 12.3. The van der Waals surface area contributed by atoms with Crippen molar-refractivity contribution in [2.45, 2.75) is 30.7 Å². The smallest absolute Gasteiger partial charge is 0.240 e. The van der Waals surface area contributed by atoms with Gasteiger partial charge in [0.15, 0.2) is 0 Å². The summed E-state index contributed by atoms with van der Waals surface area (Å²) in [5.74, 6) is 0.556. The number of hydrogen-bond acceptors (Lipinski definition) is 4. The molecule has 142 valence electrons. The first-order valence-corrected chi connectivity index (χ1v) is 10.8. The number of nitrogens with zero attached hydrogens (tertiary/aromatic N) is 2. The molecule has 1 saturated heterocycles. The molecule has 1 heterocycles. The molecule has 6 heteroatoms. The Morgan fingerprint density at radius 1 is 1.04 bits per heavy atom. The van der Waals surface area contributed by atoms with Crippen molar-refractivity contribution in [3.8, 4) is 6.07 Å². The molecule has 1 aliphatic heterocycles. The molecular formula is C21H25N3O2S. The van der Waals surface area contributed by atoms with Crippen LogP contribution in [-0.4, -0.2) is 33.0 Å². The first-order valence-electron chi connectivity index (χ1n) is 9.33. The molecule has 2 aromatic rings. The number of likely N-dealkylation sites (tertiary alicyclic amines) is 1. The van der Waals surface area contributed by atoms with Gasteiger partial charge in [-0.05, 0) is 68.1 Å². The molecule has 2 aromatic carbocycles. The van der Waals surface area contributed by atoms with Crippen LogP contribution in [0, 0.1) is 17.2 Å². The van der Waals surface area contributed by atoms with Gasteiger partial charge in [-0.25, -0.2) is 13.1 Å². The molecule has 1 fully saturated rings. The van der Waals surface area contributed by atoms with Gasteiger partial charge in [0, 0.05) is 13.1 Å². The standard InChI is InChI=1S/C21H25N3O2S/c22-16-19-6-8-21(9-7-19)27(25,26)23-13-10-18-11-14-24(15-12-18)17-20-4-2-1-3-5-20/h1-9,18,23H,10-15,17H2. The van der Waals surface area contributed by atoms with Crippen LogP contribution in [-0.2, 0) is 16.6 Å². The number of benzene rings is 2. The summed E-state index contributed by atoms with van der Waals surface area (Å²) < 4.78 is 27.3. The number of piperidine rings is 1. The average Bonchev–Trinajstić information content (AvgIpc) is 2.70. The predicted molar refractivity (Wildman–Crippen MR) is 105 cm³/mol. The third-order valence-electron chi connectivity index (χ3n) is 5.09. The normalized spacial score (nSPS) is 16.1. The minimum absolute atomic E-state index is 0.208. The third-order valence-corrected chi connectivity index (χ3v) is 6.57. The van der Waals surface area contributed by atoms with Crippen molar-refractivity contribution in [1.82, 2.24) is 9.62 Å². The third kappa shape index (κ3) is 5.64. The van der Waals surface area contributed by atoms with Gasteiger partial charge in [0.05, 0.1) is 16.5 Å². The Morgan fingerprint density at radius 3 is 2.33 bits per heavy atom. The number of sulfonamides is 1. The van der Waals surface area contributed by atoms with E-state index in [0.29, 0.717) is 18.0 Å². The molecule has 1 N–H and O–H groups in total. The molecule has 0 atom stereocenters. The summed E-state index contributed by atoms with van der Waals surface area (Å²) in [6.07, 6.45) is 3.06. The van der Waals surface area contributed by atoms with Crippen LogP contribution in [0.4, 0.5) is 0 Å². The zero-order valence-corrected chi connectivity index (χ0v) is 16.2. The highest BCUT2D eigenvalue weighted by molar-refractivity contribution is 7.89. The Balaban J connectivity index is 1.41. The van der Waals surface area contributed by atoms with Crippen LogP contribution in [0.1, 0.15) is 30.4 Å². The van der Waals surface area contributed by atoms with Crippen LogP contribution in [0.5, 0.6) is 0 Å². The van der Waals surface area contributed by atoms with E-state index >= 15 is 0 Å². The molecule has 0 bridgehead atoms. The number of hydrogen-bond donors (Lipinski definition) is 1. The molecule has 0 aliphatic carbocycles. The van der Waals surface area contributed by atoms with Crippen LogP contribution in [0.15, 0.2) is 59.5 Å². The monoisotopic (exact) mass is 383 g/mol. The molecule has 0 aromatic heterocycles. The zero-order valence-electron chi connectivity index (χ0n) is 15.3. The summed E-state index contributed by atoms with van der Waals surface area (Å²) in [5, 5.41) is 8.80. The first-order chi connectivity index (χ1) is 13.1. The van der Waals surface area contributed by atoms with Crippen LogP contribution < -0.4 is 4.72 Å². The van der Waals surface area contributed by atoms with E-state index in [1.54, 1.807) is 0 Å². The fourth-order valence-electron chi connectivity index (χ4n) is 3.46.